The number of nitrogens with zero attached hydrogens (tertiary/aromatic N) is 3. The number of hydrogen-bond acceptors (Lipinski definition) is 8. The molecular weight excluding hydrogens is 480 g/mol. The molecule has 1 aliphatic heterocycles. The first-order chi connectivity index (χ1) is 17.5. The third-order valence-electron chi connectivity index (χ3n) is 5.89. The topological polar surface area (TPSA) is 114 Å². The number of aromatic nitrogens is 2. The third kappa shape index (κ3) is 7.02. The summed E-state index contributed by atoms with van der Waals surface area (Å²) in [7, 11) is 0. The van der Waals surface area contributed by atoms with Gasteiger partial charge >= 0.3 is 5.97 Å². The van der Waals surface area contributed by atoms with Crippen molar-refractivity contribution in [2.75, 3.05) is 37.8 Å². The second kappa shape index (κ2) is 12.5. The lowest BCUT2D eigenvalue weighted by Crippen LogP contribution is -2.36. The second-order valence-corrected chi connectivity index (χ2v) is 9.60. The zero-order valence-electron chi connectivity index (χ0n) is 20.2. The van der Waals surface area contributed by atoms with Crippen molar-refractivity contribution in [1.82, 2.24) is 15.3 Å². The number of morpholine rings is 1. The maximum Gasteiger partial charge on any atom is 0.303 e. The van der Waals surface area contributed by atoms with E-state index in [4.69, 9.17) is 19.6 Å². The molecule has 9 nitrogen and oxygen atoms in total. The molecule has 0 spiro atoms. The van der Waals surface area contributed by atoms with Crippen LogP contribution in [-0.2, 0) is 28.9 Å². The maximum atomic E-state index is 12.4. The Morgan fingerprint density at radius 2 is 2.00 bits per heavy atom. The SMILES string of the molecule is Cc1sc(N2CCOCC2)nc1CCOc1ccc(CCC(=O)O)c(CNC(=O)c2ccccn2)c1. The van der Waals surface area contributed by atoms with Crippen molar-refractivity contribution < 1.29 is 24.2 Å². The van der Waals surface area contributed by atoms with Gasteiger partial charge in [-0.25, -0.2) is 4.98 Å². The van der Waals surface area contributed by atoms with E-state index in [0.717, 1.165) is 48.3 Å². The zero-order chi connectivity index (χ0) is 25.3. The van der Waals surface area contributed by atoms with Crippen molar-refractivity contribution in [3.63, 3.8) is 0 Å². The highest BCUT2D eigenvalue weighted by molar-refractivity contribution is 7.15. The van der Waals surface area contributed by atoms with Gasteiger partial charge in [0, 0.05) is 43.5 Å². The Hall–Kier alpha value is -3.50. The fourth-order valence-electron chi connectivity index (χ4n) is 3.91. The number of benzene rings is 1. The van der Waals surface area contributed by atoms with Gasteiger partial charge in [0.25, 0.3) is 5.91 Å². The molecule has 0 atom stereocenters. The number of carbonyl (C=O) groups is 2. The molecule has 1 saturated heterocycles. The van der Waals surface area contributed by atoms with E-state index in [0.29, 0.717) is 30.9 Å². The molecule has 3 aromatic rings. The van der Waals surface area contributed by atoms with E-state index >= 15 is 0 Å². The minimum atomic E-state index is -0.867. The fourth-order valence-corrected chi connectivity index (χ4v) is 4.91. The van der Waals surface area contributed by atoms with E-state index < -0.39 is 5.97 Å². The Bertz CT molecular complexity index is 1180. The van der Waals surface area contributed by atoms with Crippen LogP contribution in [0.2, 0.25) is 0 Å². The van der Waals surface area contributed by atoms with Gasteiger partial charge in [-0.1, -0.05) is 12.1 Å². The van der Waals surface area contributed by atoms with E-state index in [2.05, 4.69) is 22.1 Å². The van der Waals surface area contributed by atoms with Gasteiger partial charge in [-0.3, -0.25) is 14.6 Å². The summed E-state index contributed by atoms with van der Waals surface area (Å²) < 4.78 is 11.5. The van der Waals surface area contributed by atoms with Gasteiger partial charge < -0.3 is 24.8 Å². The van der Waals surface area contributed by atoms with Crippen molar-refractivity contribution in [2.45, 2.75) is 32.7 Å². The minimum absolute atomic E-state index is 0.00989. The second-order valence-electron chi connectivity index (χ2n) is 8.42. The lowest BCUT2D eigenvalue weighted by molar-refractivity contribution is -0.136. The number of amides is 1. The molecule has 2 N–H and O–H groups in total. The predicted molar refractivity (Wildman–Crippen MR) is 137 cm³/mol. The van der Waals surface area contributed by atoms with E-state index in [1.165, 1.54) is 4.88 Å². The Labute approximate surface area is 214 Å². The van der Waals surface area contributed by atoms with Crippen LogP contribution in [0.3, 0.4) is 0 Å². The molecule has 3 heterocycles. The molecule has 0 unspecified atom stereocenters. The average Bonchev–Trinajstić information content (AvgIpc) is 3.27. The van der Waals surface area contributed by atoms with Crippen LogP contribution in [0.15, 0.2) is 42.6 Å². The van der Waals surface area contributed by atoms with Gasteiger partial charge in [0.05, 0.1) is 25.5 Å². The first-order valence-electron chi connectivity index (χ1n) is 11.9. The maximum absolute atomic E-state index is 12.4. The number of carbonyl (C=O) groups excluding carboxylic acids is 1. The number of hydrogen-bond donors (Lipinski definition) is 2. The lowest BCUT2D eigenvalue weighted by Gasteiger charge is -2.26. The molecule has 36 heavy (non-hydrogen) atoms. The monoisotopic (exact) mass is 510 g/mol. The van der Waals surface area contributed by atoms with E-state index in [9.17, 15) is 9.59 Å². The number of thiazole rings is 1. The molecule has 4 rings (SSSR count). The normalized spacial score (nSPS) is 13.4. The van der Waals surface area contributed by atoms with Gasteiger partial charge in [-0.15, -0.1) is 11.3 Å². The Morgan fingerprint density at radius 1 is 1.17 bits per heavy atom. The Balaban J connectivity index is 1.38. The number of anilines is 1. The summed E-state index contributed by atoms with van der Waals surface area (Å²) in [5, 5.41) is 13.0. The molecule has 1 amide bonds. The summed E-state index contributed by atoms with van der Waals surface area (Å²) in [6.07, 6.45) is 2.62. The number of aryl methyl sites for hydroxylation is 2. The van der Waals surface area contributed by atoms with Crippen LogP contribution in [0.1, 0.15) is 38.6 Å². The van der Waals surface area contributed by atoms with Crippen LogP contribution in [0.25, 0.3) is 0 Å². The summed E-state index contributed by atoms with van der Waals surface area (Å²) in [5.74, 6) is -0.493. The molecule has 0 bridgehead atoms. The molecule has 2 aromatic heterocycles. The highest BCUT2D eigenvalue weighted by Crippen LogP contribution is 2.27. The number of carboxylic acid groups (broad SMARTS) is 1. The number of ether oxygens (including phenoxy) is 2. The highest BCUT2D eigenvalue weighted by atomic mass is 32.1. The molecule has 190 valence electrons. The molecule has 0 aliphatic carbocycles. The number of carboxylic acids is 1. The van der Waals surface area contributed by atoms with Crippen LogP contribution in [0.4, 0.5) is 5.13 Å². The van der Waals surface area contributed by atoms with Gasteiger partial charge in [0.15, 0.2) is 5.13 Å². The smallest absolute Gasteiger partial charge is 0.303 e. The molecule has 1 aliphatic rings. The van der Waals surface area contributed by atoms with Crippen molar-refractivity contribution in [1.29, 1.82) is 0 Å². The minimum Gasteiger partial charge on any atom is -0.493 e. The van der Waals surface area contributed by atoms with Crippen LogP contribution in [-0.4, -0.2) is 59.9 Å². The summed E-state index contributed by atoms with van der Waals surface area (Å²) >= 11 is 1.70. The first kappa shape index (κ1) is 25.6. The third-order valence-corrected chi connectivity index (χ3v) is 6.97. The quantitative estimate of drug-likeness (QED) is 0.404. The largest absolute Gasteiger partial charge is 0.493 e. The Morgan fingerprint density at radius 3 is 2.75 bits per heavy atom. The van der Waals surface area contributed by atoms with E-state index in [1.807, 2.05) is 18.2 Å². The molecule has 0 radical (unpaired) electrons. The molecule has 0 saturated carbocycles. The van der Waals surface area contributed by atoms with Crippen molar-refractivity contribution in [2.24, 2.45) is 0 Å². The van der Waals surface area contributed by atoms with Gasteiger partial charge in [0.1, 0.15) is 11.4 Å². The zero-order valence-corrected chi connectivity index (χ0v) is 21.1. The van der Waals surface area contributed by atoms with Crippen LogP contribution < -0.4 is 15.0 Å². The van der Waals surface area contributed by atoms with Crippen molar-refractivity contribution in [3.05, 3.63) is 70.0 Å². The summed E-state index contributed by atoms with van der Waals surface area (Å²) in [6.45, 7) is 5.95. The highest BCUT2D eigenvalue weighted by Gasteiger charge is 2.17. The number of nitrogens with one attached hydrogen (secondary N) is 1. The molecule has 10 heteroatoms. The van der Waals surface area contributed by atoms with E-state index in [1.54, 1.807) is 35.7 Å². The van der Waals surface area contributed by atoms with E-state index in [-0.39, 0.29) is 18.9 Å². The number of aliphatic carboxylic acids is 1. The molecule has 1 fully saturated rings. The first-order valence-corrected chi connectivity index (χ1v) is 12.8. The van der Waals surface area contributed by atoms with Crippen molar-refractivity contribution >= 4 is 28.3 Å². The lowest BCUT2D eigenvalue weighted by atomic mass is 10.0. The number of pyridine rings is 1. The van der Waals surface area contributed by atoms with Crippen LogP contribution in [0.5, 0.6) is 5.75 Å². The van der Waals surface area contributed by atoms with Gasteiger partial charge in [0.2, 0.25) is 0 Å². The van der Waals surface area contributed by atoms with Crippen LogP contribution in [0, 0.1) is 6.92 Å². The Kier molecular flexibility index (Phi) is 8.85. The average molecular weight is 511 g/mol. The number of rotatable bonds is 11. The van der Waals surface area contributed by atoms with Crippen molar-refractivity contribution in [3.8, 4) is 5.75 Å². The molecular formula is C26H30N4O5S. The summed E-state index contributed by atoms with van der Waals surface area (Å²) in [4.78, 5) is 35.9. The fraction of sp³-hybridized carbons (Fsp3) is 0.385. The van der Waals surface area contributed by atoms with Gasteiger partial charge in [-0.05, 0) is 48.7 Å². The van der Waals surface area contributed by atoms with Gasteiger partial charge in [-0.2, -0.15) is 0 Å². The van der Waals surface area contributed by atoms with Crippen LogP contribution >= 0.6 is 11.3 Å². The summed E-state index contributed by atoms with van der Waals surface area (Å²) in [5.41, 5.74) is 3.03. The molecule has 1 aromatic carbocycles. The standard InChI is InChI=1S/C26H30N4O5S/c1-18-22(29-26(36-18)30-11-14-34-15-12-30)9-13-35-21-7-5-19(6-8-24(31)32)20(16-21)17-28-25(33)23-4-2-3-10-27-23/h2-5,7,10,16H,6,8-9,11-15,17H2,1H3,(H,28,33)(H,31,32). The summed E-state index contributed by atoms with van der Waals surface area (Å²) in [6, 6.07) is 10.7. The predicted octanol–water partition coefficient (Wildman–Crippen LogP) is 3.25.